The van der Waals surface area contributed by atoms with Crippen molar-refractivity contribution in [2.45, 2.75) is 31.7 Å². The summed E-state index contributed by atoms with van der Waals surface area (Å²) in [5.74, 6) is -0.164. The maximum atomic E-state index is 13.2. The quantitative estimate of drug-likeness (QED) is 0.821. The van der Waals surface area contributed by atoms with Gasteiger partial charge in [0, 0.05) is 32.1 Å². The Morgan fingerprint density at radius 1 is 1.27 bits per heavy atom. The third-order valence-corrected chi connectivity index (χ3v) is 5.79. The molecule has 0 spiro atoms. The summed E-state index contributed by atoms with van der Waals surface area (Å²) in [6.07, 6.45) is -5.09. The van der Waals surface area contributed by atoms with Crippen LogP contribution in [0, 0.1) is 17.8 Å². The predicted molar refractivity (Wildman–Crippen MR) is 84.8 cm³/mol. The molecule has 4 atom stereocenters. The fourth-order valence-electron chi connectivity index (χ4n) is 4.05. The molecule has 4 rings (SSSR count). The number of hydrogen-bond donors (Lipinski definition) is 2. The molecule has 0 radical (unpaired) electrons. The number of halogens is 3. The Morgan fingerprint density at radius 2 is 1.92 bits per heavy atom. The highest BCUT2D eigenvalue weighted by Crippen LogP contribution is 2.54. The molecule has 2 N–H and O–H groups in total. The zero-order chi connectivity index (χ0) is 18.8. The number of β-amino-alcohol motifs (C(OH)–C–C–N with tert-alkyl or cyclic N) is 1. The van der Waals surface area contributed by atoms with E-state index >= 15 is 0 Å². The van der Waals surface area contributed by atoms with Gasteiger partial charge in [-0.25, -0.2) is 4.98 Å². The van der Waals surface area contributed by atoms with Gasteiger partial charge in [-0.05, 0) is 24.7 Å². The number of fused-ring (bicyclic) bond motifs is 1. The maximum Gasteiger partial charge on any atom is 0.433 e. The van der Waals surface area contributed by atoms with Crippen LogP contribution in [0.4, 0.5) is 24.9 Å². The average Bonchev–Trinajstić information content (AvgIpc) is 3.00. The van der Waals surface area contributed by atoms with E-state index in [1.807, 2.05) is 0 Å². The number of carbonyl (C=O) groups is 1. The maximum absolute atomic E-state index is 13.2. The number of anilines is 2. The summed E-state index contributed by atoms with van der Waals surface area (Å²) >= 11 is 0. The second-order valence-electron chi connectivity index (χ2n) is 7.36. The first kappa shape index (κ1) is 17.3. The zero-order valence-electron chi connectivity index (χ0n) is 14.0. The van der Waals surface area contributed by atoms with Crippen LogP contribution in [0.5, 0.6) is 0 Å². The zero-order valence-corrected chi connectivity index (χ0v) is 14.0. The van der Waals surface area contributed by atoms with Crippen molar-refractivity contribution in [2.75, 3.05) is 29.4 Å². The van der Waals surface area contributed by atoms with E-state index in [9.17, 15) is 23.1 Å². The number of aliphatic carboxylic acids is 1. The van der Waals surface area contributed by atoms with E-state index in [1.54, 1.807) is 16.7 Å². The lowest BCUT2D eigenvalue weighted by molar-refractivity contribution is -0.141. The largest absolute Gasteiger partial charge is 0.481 e. The summed E-state index contributed by atoms with van der Waals surface area (Å²) in [7, 11) is 0. The number of aliphatic hydroxyl groups is 1. The van der Waals surface area contributed by atoms with Crippen molar-refractivity contribution in [1.82, 2.24) is 9.97 Å². The van der Waals surface area contributed by atoms with E-state index in [2.05, 4.69) is 9.97 Å². The summed E-state index contributed by atoms with van der Waals surface area (Å²) in [5.41, 5.74) is -1.01. The first-order chi connectivity index (χ1) is 12.1. The van der Waals surface area contributed by atoms with Crippen molar-refractivity contribution in [2.24, 2.45) is 17.8 Å². The van der Waals surface area contributed by atoms with E-state index in [1.165, 1.54) is 0 Å². The third kappa shape index (κ3) is 2.85. The molecule has 3 fully saturated rings. The minimum Gasteiger partial charge on any atom is -0.481 e. The van der Waals surface area contributed by atoms with Crippen LogP contribution in [0.25, 0.3) is 0 Å². The molecule has 3 aliphatic rings. The molecular weight excluding hydrogens is 353 g/mol. The van der Waals surface area contributed by atoms with Crippen molar-refractivity contribution in [3.05, 3.63) is 11.8 Å². The van der Waals surface area contributed by atoms with Crippen molar-refractivity contribution >= 4 is 17.7 Å². The van der Waals surface area contributed by atoms with Gasteiger partial charge in [-0.2, -0.15) is 18.2 Å². The molecule has 1 saturated carbocycles. The molecule has 0 aromatic carbocycles. The Hall–Kier alpha value is -2.10. The smallest absolute Gasteiger partial charge is 0.433 e. The lowest BCUT2D eigenvalue weighted by atomic mass is 10.0. The minimum absolute atomic E-state index is 0.0321. The highest BCUT2D eigenvalue weighted by molar-refractivity contribution is 5.68. The third-order valence-electron chi connectivity index (χ3n) is 5.79. The molecular formula is C16H19F3N4O3. The van der Waals surface area contributed by atoms with Crippen LogP contribution in [0.3, 0.4) is 0 Å². The number of carboxylic acid groups (broad SMARTS) is 1. The number of nitrogens with zero attached hydrogens (tertiary/aromatic N) is 4. The van der Waals surface area contributed by atoms with Crippen molar-refractivity contribution in [3.8, 4) is 0 Å². The lowest BCUT2D eigenvalue weighted by Crippen LogP contribution is -2.59. The van der Waals surface area contributed by atoms with Gasteiger partial charge in [-0.1, -0.05) is 0 Å². The van der Waals surface area contributed by atoms with Crippen LogP contribution in [0.2, 0.25) is 0 Å². The van der Waals surface area contributed by atoms with Crippen molar-refractivity contribution < 1.29 is 28.2 Å². The second kappa shape index (κ2) is 5.70. The van der Waals surface area contributed by atoms with Gasteiger partial charge >= 0.3 is 12.1 Å². The van der Waals surface area contributed by atoms with Gasteiger partial charge in [0.25, 0.3) is 0 Å². The van der Waals surface area contributed by atoms with Crippen LogP contribution >= 0.6 is 0 Å². The number of alkyl halides is 3. The van der Waals surface area contributed by atoms with Crippen molar-refractivity contribution in [3.63, 3.8) is 0 Å². The highest BCUT2D eigenvalue weighted by atomic mass is 19.4. The first-order valence-electron chi connectivity index (χ1n) is 8.53. The van der Waals surface area contributed by atoms with Crippen LogP contribution in [-0.4, -0.2) is 57.9 Å². The van der Waals surface area contributed by atoms with Gasteiger partial charge in [0.15, 0.2) is 5.69 Å². The van der Waals surface area contributed by atoms with Crippen LogP contribution in [-0.2, 0) is 11.0 Å². The highest BCUT2D eigenvalue weighted by Gasteiger charge is 2.56. The molecule has 10 heteroatoms. The number of carboxylic acids is 1. The van der Waals surface area contributed by atoms with E-state index < -0.39 is 23.9 Å². The van der Waals surface area contributed by atoms with E-state index in [4.69, 9.17) is 5.11 Å². The monoisotopic (exact) mass is 372 g/mol. The van der Waals surface area contributed by atoms with Gasteiger partial charge in [0.1, 0.15) is 5.82 Å². The van der Waals surface area contributed by atoms with E-state index in [0.29, 0.717) is 13.1 Å². The summed E-state index contributed by atoms with van der Waals surface area (Å²) in [4.78, 5) is 22.1. The summed E-state index contributed by atoms with van der Waals surface area (Å²) in [6, 6.07) is 0.611. The topological polar surface area (TPSA) is 89.8 Å². The molecule has 1 aliphatic carbocycles. The Bertz CT molecular complexity index is 732. The fourth-order valence-corrected chi connectivity index (χ4v) is 4.05. The fraction of sp³-hybridized carbons (Fsp3) is 0.688. The van der Waals surface area contributed by atoms with Crippen LogP contribution in [0.15, 0.2) is 6.07 Å². The van der Waals surface area contributed by atoms with Gasteiger partial charge in [0.2, 0.25) is 5.95 Å². The molecule has 2 unspecified atom stereocenters. The number of aromatic nitrogens is 2. The molecule has 26 heavy (non-hydrogen) atoms. The molecule has 1 aromatic heterocycles. The number of hydrogen-bond acceptors (Lipinski definition) is 6. The molecule has 7 nitrogen and oxygen atoms in total. The summed E-state index contributed by atoms with van der Waals surface area (Å²) in [5, 5.41) is 18.5. The van der Waals surface area contributed by atoms with Crippen LogP contribution < -0.4 is 9.80 Å². The molecule has 2 saturated heterocycles. The van der Waals surface area contributed by atoms with E-state index in [-0.39, 0.29) is 48.5 Å². The Morgan fingerprint density at radius 3 is 2.42 bits per heavy atom. The summed E-state index contributed by atoms with van der Waals surface area (Å²) < 4.78 is 39.7. The minimum atomic E-state index is -4.59. The van der Waals surface area contributed by atoms with Crippen LogP contribution in [0.1, 0.15) is 19.0 Å². The molecule has 0 amide bonds. The predicted octanol–water partition coefficient (Wildman–Crippen LogP) is 1.22. The molecule has 3 heterocycles. The molecule has 0 bridgehead atoms. The van der Waals surface area contributed by atoms with Gasteiger partial charge in [0.05, 0.1) is 12.1 Å². The summed E-state index contributed by atoms with van der Waals surface area (Å²) in [6.45, 7) is 2.93. The average molecular weight is 372 g/mol. The van der Waals surface area contributed by atoms with E-state index in [0.717, 1.165) is 6.07 Å². The van der Waals surface area contributed by atoms with Gasteiger partial charge in [-0.15, -0.1) is 0 Å². The Kier molecular flexibility index (Phi) is 3.80. The lowest BCUT2D eigenvalue weighted by Gasteiger charge is -2.43. The Balaban J connectivity index is 1.56. The molecule has 142 valence electrons. The molecule has 1 aromatic rings. The SMILES string of the molecule is C[C@H]1[C@H](O)CN1c1nc(N2CC3C(CC(=O)O)C3C2)cc(C(F)(F)F)n1. The second-order valence-corrected chi connectivity index (χ2v) is 7.36. The normalized spacial score (nSPS) is 33.0. The van der Waals surface area contributed by atoms with Crippen molar-refractivity contribution in [1.29, 1.82) is 0 Å². The standard InChI is InChI=1S/C16H19F3N4O3/c1-7-11(24)6-23(7)15-20-12(16(17,18)19)3-13(21-15)22-4-9-8(2-14(25)26)10(9)5-22/h3,7-11,24H,2,4-6H2,1H3,(H,25,26)/t7-,8?,9?,10?,11+/m0/s1. The number of aliphatic hydroxyl groups excluding tert-OH is 1. The molecule has 2 aliphatic heterocycles. The van der Waals surface area contributed by atoms with Gasteiger partial charge < -0.3 is 20.0 Å². The Labute approximate surface area is 147 Å². The first-order valence-corrected chi connectivity index (χ1v) is 8.53. The number of piperidine rings is 1. The number of rotatable bonds is 4. The van der Waals surface area contributed by atoms with Gasteiger partial charge in [-0.3, -0.25) is 4.79 Å².